The summed E-state index contributed by atoms with van der Waals surface area (Å²) < 4.78 is 0. The van der Waals surface area contributed by atoms with E-state index in [1.54, 1.807) is 0 Å². The van der Waals surface area contributed by atoms with E-state index >= 15 is 0 Å². The van der Waals surface area contributed by atoms with Crippen molar-refractivity contribution in [1.29, 1.82) is 0 Å². The molecule has 1 unspecified atom stereocenters. The average molecular weight is 200 g/mol. The fraction of sp³-hybridized carbons (Fsp3) is 0.889. The second kappa shape index (κ2) is 4.33. The zero-order valence-corrected chi connectivity index (χ0v) is 8.53. The van der Waals surface area contributed by atoms with Crippen molar-refractivity contribution in [3.8, 4) is 0 Å². The smallest absolute Gasteiger partial charge is 0.234 e. The van der Waals surface area contributed by atoms with Crippen LogP contribution in [-0.2, 0) is 4.79 Å². The minimum Gasteiger partial charge on any atom is -0.352 e. The molecule has 1 saturated carbocycles. The molecular formula is C9H16N2OS. The van der Waals surface area contributed by atoms with E-state index in [1.807, 2.05) is 11.8 Å². The molecule has 0 spiro atoms. The number of hydrogen-bond donors (Lipinski definition) is 2. The molecule has 2 fully saturated rings. The number of carbonyl (C=O) groups excluding carboxylic acids is 1. The summed E-state index contributed by atoms with van der Waals surface area (Å²) in [4.78, 5) is 11.3. The SMILES string of the molecule is O=C(CNC1CCSC1)NC1CC1. The molecule has 13 heavy (non-hydrogen) atoms. The standard InChI is InChI=1S/C9H16N2OS/c12-9(11-7-1-2-7)5-10-8-3-4-13-6-8/h7-8,10H,1-6H2,(H,11,12). The van der Waals surface area contributed by atoms with E-state index in [0.717, 1.165) is 5.75 Å². The molecular weight excluding hydrogens is 184 g/mol. The Labute approximate surface area is 83.0 Å². The molecule has 1 aliphatic heterocycles. The third-order valence-electron chi connectivity index (χ3n) is 2.42. The Morgan fingerprint density at radius 3 is 2.77 bits per heavy atom. The predicted octanol–water partition coefficient (Wildman–Crippen LogP) is 0.360. The second-order valence-corrected chi connectivity index (χ2v) is 4.93. The molecule has 1 heterocycles. The predicted molar refractivity (Wildman–Crippen MR) is 54.9 cm³/mol. The zero-order chi connectivity index (χ0) is 9.10. The van der Waals surface area contributed by atoms with Gasteiger partial charge in [-0.25, -0.2) is 0 Å². The number of carbonyl (C=O) groups is 1. The highest BCUT2D eigenvalue weighted by Crippen LogP contribution is 2.18. The molecule has 2 N–H and O–H groups in total. The molecule has 74 valence electrons. The van der Waals surface area contributed by atoms with Gasteiger partial charge in [0, 0.05) is 17.8 Å². The van der Waals surface area contributed by atoms with Crippen LogP contribution in [0.2, 0.25) is 0 Å². The van der Waals surface area contributed by atoms with E-state index in [1.165, 1.54) is 25.0 Å². The van der Waals surface area contributed by atoms with E-state index in [9.17, 15) is 4.79 Å². The van der Waals surface area contributed by atoms with Gasteiger partial charge in [-0.3, -0.25) is 4.79 Å². The Balaban J connectivity index is 1.57. The summed E-state index contributed by atoms with van der Waals surface area (Å²) in [5, 5.41) is 6.25. The first-order valence-electron chi connectivity index (χ1n) is 4.95. The van der Waals surface area contributed by atoms with Crippen LogP contribution in [0.25, 0.3) is 0 Å². The van der Waals surface area contributed by atoms with Gasteiger partial charge in [-0.2, -0.15) is 11.8 Å². The van der Waals surface area contributed by atoms with E-state index in [-0.39, 0.29) is 5.91 Å². The van der Waals surface area contributed by atoms with Gasteiger partial charge in [-0.15, -0.1) is 0 Å². The van der Waals surface area contributed by atoms with Crippen LogP contribution in [0.15, 0.2) is 0 Å². The van der Waals surface area contributed by atoms with Gasteiger partial charge in [-0.05, 0) is 25.0 Å². The topological polar surface area (TPSA) is 41.1 Å². The first kappa shape index (κ1) is 9.34. The molecule has 1 aliphatic carbocycles. The molecule has 1 amide bonds. The van der Waals surface area contributed by atoms with Crippen molar-refractivity contribution in [2.45, 2.75) is 31.3 Å². The summed E-state index contributed by atoms with van der Waals surface area (Å²) in [6.07, 6.45) is 3.55. The lowest BCUT2D eigenvalue weighted by atomic mass is 10.2. The van der Waals surface area contributed by atoms with Gasteiger partial charge in [-0.1, -0.05) is 0 Å². The van der Waals surface area contributed by atoms with Gasteiger partial charge in [0.25, 0.3) is 0 Å². The van der Waals surface area contributed by atoms with Crippen molar-refractivity contribution in [2.24, 2.45) is 0 Å². The fourth-order valence-corrected chi connectivity index (χ4v) is 2.63. The quantitative estimate of drug-likeness (QED) is 0.688. The Kier molecular flexibility index (Phi) is 3.11. The second-order valence-electron chi connectivity index (χ2n) is 3.78. The lowest BCUT2D eigenvalue weighted by Gasteiger charge is -2.10. The Morgan fingerprint density at radius 1 is 1.31 bits per heavy atom. The van der Waals surface area contributed by atoms with Crippen LogP contribution in [0.1, 0.15) is 19.3 Å². The van der Waals surface area contributed by atoms with Crippen molar-refractivity contribution >= 4 is 17.7 Å². The first-order chi connectivity index (χ1) is 6.34. The minimum atomic E-state index is 0.166. The molecule has 0 aromatic rings. The molecule has 0 aromatic heterocycles. The van der Waals surface area contributed by atoms with Gasteiger partial charge in [0.2, 0.25) is 5.91 Å². The molecule has 0 bridgehead atoms. The van der Waals surface area contributed by atoms with Crippen LogP contribution < -0.4 is 10.6 Å². The van der Waals surface area contributed by atoms with Gasteiger partial charge in [0.1, 0.15) is 0 Å². The summed E-state index contributed by atoms with van der Waals surface area (Å²) in [5.41, 5.74) is 0. The maximum atomic E-state index is 11.3. The van der Waals surface area contributed by atoms with E-state index in [2.05, 4.69) is 10.6 Å². The highest BCUT2D eigenvalue weighted by molar-refractivity contribution is 7.99. The highest BCUT2D eigenvalue weighted by atomic mass is 32.2. The largest absolute Gasteiger partial charge is 0.352 e. The minimum absolute atomic E-state index is 0.166. The van der Waals surface area contributed by atoms with E-state index in [0.29, 0.717) is 18.6 Å². The van der Waals surface area contributed by atoms with Crippen molar-refractivity contribution in [3.63, 3.8) is 0 Å². The van der Waals surface area contributed by atoms with Crippen LogP contribution in [0, 0.1) is 0 Å². The van der Waals surface area contributed by atoms with Crippen LogP contribution >= 0.6 is 11.8 Å². The summed E-state index contributed by atoms with van der Waals surface area (Å²) in [7, 11) is 0. The Bertz CT molecular complexity index is 188. The Hall–Kier alpha value is -0.220. The molecule has 4 heteroatoms. The van der Waals surface area contributed by atoms with Crippen molar-refractivity contribution in [2.75, 3.05) is 18.1 Å². The monoisotopic (exact) mass is 200 g/mol. The molecule has 1 saturated heterocycles. The molecule has 2 aliphatic rings. The normalized spacial score (nSPS) is 27.5. The van der Waals surface area contributed by atoms with Gasteiger partial charge in [0.15, 0.2) is 0 Å². The van der Waals surface area contributed by atoms with Gasteiger partial charge >= 0.3 is 0 Å². The summed E-state index contributed by atoms with van der Waals surface area (Å²) in [6, 6.07) is 1.06. The van der Waals surface area contributed by atoms with Gasteiger partial charge in [0.05, 0.1) is 6.54 Å². The zero-order valence-electron chi connectivity index (χ0n) is 7.71. The van der Waals surface area contributed by atoms with Gasteiger partial charge < -0.3 is 10.6 Å². The maximum Gasteiger partial charge on any atom is 0.234 e. The number of amides is 1. The first-order valence-corrected chi connectivity index (χ1v) is 6.10. The summed E-state index contributed by atoms with van der Waals surface area (Å²) >= 11 is 1.97. The third kappa shape index (κ3) is 3.19. The molecule has 0 aromatic carbocycles. The Morgan fingerprint density at radius 2 is 2.15 bits per heavy atom. The van der Waals surface area contributed by atoms with Crippen molar-refractivity contribution in [1.82, 2.24) is 10.6 Å². The van der Waals surface area contributed by atoms with Crippen LogP contribution in [0.5, 0.6) is 0 Å². The highest BCUT2D eigenvalue weighted by Gasteiger charge is 2.23. The van der Waals surface area contributed by atoms with Crippen LogP contribution in [0.4, 0.5) is 0 Å². The van der Waals surface area contributed by atoms with Crippen LogP contribution in [0.3, 0.4) is 0 Å². The third-order valence-corrected chi connectivity index (χ3v) is 3.59. The number of rotatable bonds is 4. The summed E-state index contributed by atoms with van der Waals surface area (Å²) in [5.74, 6) is 2.57. The number of thioether (sulfide) groups is 1. The van der Waals surface area contributed by atoms with E-state index < -0.39 is 0 Å². The van der Waals surface area contributed by atoms with E-state index in [4.69, 9.17) is 0 Å². The van der Waals surface area contributed by atoms with Crippen molar-refractivity contribution < 1.29 is 4.79 Å². The van der Waals surface area contributed by atoms with Crippen molar-refractivity contribution in [3.05, 3.63) is 0 Å². The number of hydrogen-bond acceptors (Lipinski definition) is 3. The molecule has 3 nitrogen and oxygen atoms in total. The molecule has 1 atom stereocenters. The lowest BCUT2D eigenvalue weighted by molar-refractivity contribution is -0.120. The molecule has 2 rings (SSSR count). The average Bonchev–Trinajstić information content (AvgIpc) is 2.78. The maximum absolute atomic E-state index is 11.3. The lowest BCUT2D eigenvalue weighted by Crippen LogP contribution is -2.39. The summed E-state index contributed by atoms with van der Waals surface area (Å²) in [6.45, 7) is 0.502. The fourth-order valence-electron chi connectivity index (χ4n) is 1.44. The van der Waals surface area contributed by atoms with Crippen LogP contribution in [-0.4, -0.2) is 36.0 Å². The molecule has 0 radical (unpaired) electrons. The number of nitrogens with one attached hydrogen (secondary N) is 2.